The molecule has 0 amide bonds. The summed E-state index contributed by atoms with van der Waals surface area (Å²) in [7, 11) is 3.93. The van der Waals surface area contributed by atoms with Crippen molar-refractivity contribution in [3.63, 3.8) is 0 Å². The topological polar surface area (TPSA) is 3.24 Å². The maximum absolute atomic E-state index is 3.93. The highest BCUT2D eigenvalue weighted by molar-refractivity contribution is 4.80. The molecule has 0 spiro atoms. The Hall–Kier alpha value is -0.0400. The lowest BCUT2D eigenvalue weighted by Crippen LogP contribution is -2.25. The van der Waals surface area contributed by atoms with Crippen LogP contribution >= 0.6 is 0 Å². The van der Waals surface area contributed by atoms with Crippen molar-refractivity contribution in [2.24, 2.45) is 0 Å². The third-order valence-electron chi connectivity index (χ3n) is 2.13. The van der Waals surface area contributed by atoms with Crippen LogP contribution in [0.15, 0.2) is 0 Å². The Morgan fingerprint density at radius 2 is 1.62 bits per heavy atom. The molecule has 1 fully saturated rings. The highest BCUT2D eigenvalue weighted by atomic mass is 15.2. The van der Waals surface area contributed by atoms with E-state index in [9.17, 15) is 0 Å². The summed E-state index contributed by atoms with van der Waals surface area (Å²) in [6, 6.07) is 1.43. The predicted octanol–water partition coefficient (Wildman–Crippen LogP) is 1.65. The summed E-state index contributed by atoms with van der Waals surface area (Å²) in [6.45, 7) is 4.47. The lowest BCUT2D eigenvalue weighted by Gasteiger charge is -2.28. The minimum absolute atomic E-state index is 0.713. The Kier molecular flexibility index (Phi) is 1.57. The molecule has 0 aliphatic carbocycles. The second kappa shape index (κ2) is 2.06. The highest BCUT2D eigenvalue weighted by Gasteiger charge is 2.17. The largest absolute Gasteiger partial charge is 0.454 e. The molecule has 8 heavy (non-hydrogen) atoms. The molecule has 2 atom stereocenters. The maximum Gasteiger partial charge on any atom is -0.0211 e. The molecule has 0 unspecified atom stereocenters. The summed E-state index contributed by atoms with van der Waals surface area (Å²) in [5.41, 5.74) is 0. The van der Waals surface area contributed by atoms with Gasteiger partial charge in [-0.05, 0) is 24.9 Å². The van der Waals surface area contributed by atoms with Gasteiger partial charge in [-0.3, -0.25) is 7.05 Å². The number of hydrogen-bond acceptors (Lipinski definition) is 1. The molecule has 0 N–H and O–H groups in total. The molecular weight excluding hydrogens is 98.1 g/mol. The molecule has 1 heterocycles. The zero-order chi connectivity index (χ0) is 6.15. The quantitative estimate of drug-likeness (QED) is 0.431. The van der Waals surface area contributed by atoms with E-state index in [1.165, 1.54) is 12.8 Å². The van der Waals surface area contributed by atoms with Crippen LogP contribution in [0.2, 0.25) is 0 Å². The molecule has 1 saturated heterocycles. The molecular formula is C7H14N-. The van der Waals surface area contributed by atoms with Gasteiger partial charge in [0.15, 0.2) is 0 Å². The molecule has 0 radical (unpaired) electrons. The van der Waals surface area contributed by atoms with Gasteiger partial charge in [-0.15, -0.1) is 0 Å². The first-order valence-electron chi connectivity index (χ1n) is 3.30. The lowest BCUT2D eigenvalue weighted by atomic mass is 10.2. The lowest BCUT2D eigenvalue weighted by molar-refractivity contribution is 0.300. The van der Waals surface area contributed by atoms with Crippen molar-refractivity contribution < 1.29 is 0 Å². The smallest absolute Gasteiger partial charge is 0.0211 e. The van der Waals surface area contributed by atoms with Crippen LogP contribution in [0.1, 0.15) is 26.7 Å². The average molecular weight is 112 g/mol. The first-order chi connectivity index (χ1) is 3.72. The number of hydrogen-bond donors (Lipinski definition) is 0. The van der Waals surface area contributed by atoms with Gasteiger partial charge < -0.3 is 4.90 Å². The molecule has 0 aromatic carbocycles. The molecule has 0 saturated carbocycles. The standard InChI is InChI=1S/C7H14N/c1-6-4-5-7(2)8(6)3/h6-7H,3-5H2,1-2H3/q-1/t6-,7-/m0/s1. The second-order valence-corrected chi connectivity index (χ2v) is 2.79. The van der Waals surface area contributed by atoms with E-state index in [1.807, 2.05) is 0 Å². The fraction of sp³-hybridized carbons (Fsp3) is 0.857. The van der Waals surface area contributed by atoms with Crippen molar-refractivity contribution in [2.75, 3.05) is 0 Å². The van der Waals surface area contributed by atoms with Gasteiger partial charge in [0, 0.05) is 0 Å². The van der Waals surface area contributed by atoms with Crippen LogP contribution in [0, 0.1) is 7.05 Å². The van der Waals surface area contributed by atoms with E-state index in [-0.39, 0.29) is 0 Å². The molecule has 1 nitrogen and oxygen atoms in total. The fourth-order valence-electron chi connectivity index (χ4n) is 1.25. The van der Waals surface area contributed by atoms with E-state index in [0.717, 1.165) is 0 Å². The van der Waals surface area contributed by atoms with Crippen molar-refractivity contribution in [3.05, 3.63) is 7.05 Å². The van der Waals surface area contributed by atoms with Crippen LogP contribution in [0.25, 0.3) is 0 Å². The van der Waals surface area contributed by atoms with E-state index < -0.39 is 0 Å². The van der Waals surface area contributed by atoms with E-state index in [0.29, 0.717) is 12.1 Å². The number of nitrogens with zero attached hydrogens (tertiary/aromatic N) is 1. The van der Waals surface area contributed by atoms with Crippen molar-refractivity contribution in [1.82, 2.24) is 4.90 Å². The fourth-order valence-corrected chi connectivity index (χ4v) is 1.25. The normalized spacial score (nSPS) is 40.9. The van der Waals surface area contributed by atoms with Crippen LogP contribution in [-0.2, 0) is 0 Å². The van der Waals surface area contributed by atoms with Gasteiger partial charge in [-0.1, -0.05) is 13.8 Å². The van der Waals surface area contributed by atoms with Gasteiger partial charge in [-0.2, -0.15) is 0 Å². The molecule has 1 heteroatoms. The molecule has 0 aromatic rings. The van der Waals surface area contributed by atoms with E-state index in [1.54, 1.807) is 0 Å². The summed E-state index contributed by atoms with van der Waals surface area (Å²) in [4.78, 5) is 2.19. The maximum atomic E-state index is 3.93. The first kappa shape index (κ1) is 6.09. The summed E-state index contributed by atoms with van der Waals surface area (Å²) in [6.07, 6.45) is 2.65. The molecule has 1 aliphatic rings. The van der Waals surface area contributed by atoms with E-state index in [4.69, 9.17) is 0 Å². The highest BCUT2D eigenvalue weighted by Crippen LogP contribution is 2.21. The molecule has 1 rings (SSSR count). The van der Waals surface area contributed by atoms with Gasteiger partial charge >= 0.3 is 0 Å². The Labute approximate surface area is 51.7 Å². The summed E-state index contributed by atoms with van der Waals surface area (Å²) >= 11 is 0. The zero-order valence-corrected chi connectivity index (χ0v) is 5.72. The molecule has 0 bridgehead atoms. The third-order valence-corrected chi connectivity index (χ3v) is 2.13. The number of rotatable bonds is 0. The Bertz CT molecular complexity index is 70.5. The third kappa shape index (κ3) is 0.873. The molecule has 48 valence electrons. The number of likely N-dealkylation sites (tertiary alicyclic amines) is 1. The minimum Gasteiger partial charge on any atom is -0.454 e. The molecule has 0 aromatic heterocycles. The first-order valence-corrected chi connectivity index (χ1v) is 3.30. The summed E-state index contributed by atoms with van der Waals surface area (Å²) in [5.74, 6) is 0. The average Bonchev–Trinajstić information content (AvgIpc) is 1.98. The van der Waals surface area contributed by atoms with Gasteiger partial charge in [0.25, 0.3) is 0 Å². The van der Waals surface area contributed by atoms with E-state index >= 15 is 0 Å². The van der Waals surface area contributed by atoms with Gasteiger partial charge in [0.2, 0.25) is 0 Å². The van der Waals surface area contributed by atoms with Gasteiger partial charge in [0.1, 0.15) is 0 Å². The van der Waals surface area contributed by atoms with Crippen LogP contribution in [0.5, 0.6) is 0 Å². The van der Waals surface area contributed by atoms with Crippen LogP contribution in [-0.4, -0.2) is 17.0 Å². The van der Waals surface area contributed by atoms with Gasteiger partial charge in [0.05, 0.1) is 0 Å². The summed E-state index contributed by atoms with van der Waals surface area (Å²) < 4.78 is 0. The SMILES string of the molecule is [CH2-]N1[C@@H](C)CC[C@@H]1C. The monoisotopic (exact) mass is 112 g/mol. The van der Waals surface area contributed by atoms with E-state index in [2.05, 4.69) is 25.8 Å². The Morgan fingerprint density at radius 3 is 1.75 bits per heavy atom. The Balaban J connectivity index is 2.44. The second-order valence-electron chi connectivity index (χ2n) is 2.79. The Morgan fingerprint density at radius 1 is 1.25 bits per heavy atom. The predicted molar refractivity (Wildman–Crippen MR) is 35.4 cm³/mol. The van der Waals surface area contributed by atoms with Crippen molar-refractivity contribution in [3.8, 4) is 0 Å². The van der Waals surface area contributed by atoms with Crippen LogP contribution < -0.4 is 0 Å². The van der Waals surface area contributed by atoms with Crippen molar-refractivity contribution >= 4 is 0 Å². The van der Waals surface area contributed by atoms with Crippen molar-refractivity contribution in [1.29, 1.82) is 0 Å². The van der Waals surface area contributed by atoms with Gasteiger partial charge in [-0.25, -0.2) is 0 Å². The van der Waals surface area contributed by atoms with Crippen LogP contribution in [0.4, 0.5) is 0 Å². The van der Waals surface area contributed by atoms with Crippen molar-refractivity contribution in [2.45, 2.75) is 38.8 Å². The molecule has 1 aliphatic heterocycles. The minimum atomic E-state index is 0.713. The summed E-state index contributed by atoms with van der Waals surface area (Å²) in [5, 5.41) is 0. The van der Waals surface area contributed by atoms with Crippen LogP contribution in [0.3, 0.4) is 0 Å². The zero-order valence-electron chi connectivity index (χ0n) is 5.72.